The van der Waals surface area contributed by atoms with Gasteiger partial charge in [0.25, 0.3) is 0 Å². The zero-order chi connectivity index (χ0) is 22.0. The molecular formula is C26H35N3O2. The van der Waals surface area contributed by atoms with Crippen molar-refractivity contribution in [3.05, 3.63) is 54.1 Å². The number of fused-ring (bicyclic) bond motifs is 1. The fourth-order valence-electron chi connectivity index (χ4n) is 5.20. The van der Waals surface area contributed by atoms with E-state index in [9.17, 15) is 4.79 Å². The molecule has 1 amide bonds. The first kappa shape index (κ1) is 21.7. The summed E-state index contributed by atoms with van der Waals surface area (Å²) in [4.78, 5) is 20.3. The van der Waals surface area contributed by atoms with Gasteiger partial charge in [0.1, 0.15) is 5.75 Å². The number of carbonyl (C=O) groups excluding carboxylic acids is 1. The Balaban J connectivity index is 1.47. The van der Waals surface area contributed by atoms with Crippen LogP contribution in [0.1, 0.15) is 45.6 Å². The number of amides is 1. The molecule has 1 atom stereocenters. The molecule has 0 radical (unpaired) electrons. The number of carbonyl (C=O) groups is 1. The van der Waals surface area contributed by atoms with E-state index in [4.69, 9.17) is 4.74 Å². The third-order valence-electron chi connectivity index (χ3n) is 6.59. The molecule has 0 saturated carbocycles. The number of ether oxygens (including phenoxy) is 1. The van der Waals surface area contributed by atoms with Gasteiger partial charge in [-0.1, -0.05) is 25.1 Å². The minimum atomic E-state index is -0.206. The van der Waals surface area contributed by atoms with Crippen molar-refractivity contribution in [3.8, 4) is 5.75 Å². The second kappa shape index (κ2) is 8.91. The Bertz CT molecular complexity index is 904. The standard InChI is InChI=1S/C26H35N3O2/c1-5-31-22-11-12-24-23(17-22)20(2)18-26(3,4)29(24)25(30)19-27-13-15-28(16-14-27)21-9-7-6-8-10-21/h6-12,17,20H,5,13-16,18-19H2,1-4H3. The quantitative estimate of drug-likeness (QED) is 0.711. The maximum atomic E-state index is 13.6. The highest BCUT2D eigenvalue weighted by atomic mass is 16.5. The summed E-state index contributed by atoms with van der Waals surface area (Å²) in [5.41, 5.74) is 3.31. The molecule has 2 heterocycles. The van der Waals surface area contributed by atoms with Crippen molar-refractivity contribution in [2.24, 2.45) is 0 Å². The monoisotopic (exact) mass is 421 g/mol. The fourth-order valence-corrected chi connectivity index (χ4v) is 5.20. The highest BCUT2D eigenvalue weighted by Crippen LogP contribution is 2.44. The van der Waals surface area contributed by atoms with E-state index in [0.717, 1.165) is 44.0 Å². The number of hydrogen-bond acceptors (Lipinski definition) is 4. The van der Waals surface area contributed by atoms with Crippen LogP contribution < -0.4 is 14.5 Å². The van der Waals surface area contributed by atoms with E-state index < -0.39 is 0 Å². The van der Waals surface area contributed by atoms with E-state index in [1.165, 1.54) is 11.3 Å². The molecule has 0 N–H and O–H groups in total. The van der Waals surface area contributed by atoms with Crippen molar-refractivity contribution >= 4 is 17.3 Å². The van der Waals surface area contributed by atoms with E-state index in [-0.39, 0.29) is 11.4 Å². The normalized spacial score (nSPS) is 21.0. The summed E-state index contributed by atoms with van der Waals surface area (Å²) in [7, 11) is 0. The Labute approximate surface area is 186 Å². The van der Waals surface area contributed by atoms with Crippen molar-refractivity contribution in [3.63, 3.8) is 0 Å². The van der Waals surface area contributed by atoms with Gasteiger partial charge in [-0.15, -0.1) is 0 Å². The Kier molecular flexibility index (Phi) is 6.24. The van der Waals surface area contributed by atoms with Crippen molar-refractivity contribution < 1.29 is 9.53 Å². The van der Waals surface area contributed by atoms with Crippen molar-refractivity contribution in [2.45, 2.75) is 45.6 Å². The minimum absolute atomic E-state index is 0.190. The lowest BCUT2D eigenvalue weighted by atomic mass is 9.80. The van der Waals surface area contributed by atoms with Crippen LogP contribution in [-0.2, 0) is 4.79 Å². The zero-order valence-corrected chi connectivity index (χ0v) is 19.3. The predicted molar refractivity (Wildman–Crippen MR) is 127 cm³/mol. The van der Waals surface area contributed by atoms with Gasteiger partial charge >= 0.3 is 0 Å². The van der Waals surface area contributed by atoms with Gasteiger partial charge in [-0.05, 0) is 69.0 Å². The SMILES string of the molecule is CCOc1ccc2c(c1)C(C)CC(C)(C)N2C(=O)CN1CCN(c2ccccc2)CC1. The molecule has 2 aromatic carbocycles. The first-order chi connectivity index (χ1) is 14.9. The fraction of sp³-hybridized carbons (Fsp3) is 0.500. The summed E-state index contributed by atoms with van der Waals surface area (Å²) in [5.74, 6) is 1.47. The van der Waals surface area contributed by atoms with E-state index in [1.807, 2.05) is 17.9 Å². The van der Waals surface area contributed by atoms with Gasteiger partial charge in [-0.25, -0.2) is 0 Å². The highest BCUT2D eigenvalue weighted by Gasteiger charge is 2.40. The molecule has 31 heavy (non-hydrogen) atoms. The second-order valence-corrected chi connectivity index (χ2v) is 9.40. The summed E-state index contributed by atoms with van der Waals surface area (Å²) < 4.78 is 5.72. The van der Waals surface area contributed by atoms with Crippen LogP contribution in [0.3, 0.4) is 0 Å². The summed E-state index contributed by atoms with van der Waals surface area (Å²) >= 11 is 0. The Morgan fingerprint density at radius 1 is 1.06 bits per heavy atom. The molecule has 1 fully saturated rings. The van der Waals surface area contributed by atoms with Gasteiger partial charge < -0.3 is 14.5 Å². The van der Waals surface area contributed by atoms with Gasteiger partial charge in [-0.3, -0.25) is 9.69 Å². The molecule has 2 aromatic rings. The van der Waals surface area contributed by atoms with Gasteiger partial charge in [0, 0.05) is 43.1 Å². The van der Waals surface area contributed by atoms with Gasteiger partial charge in [0.15, 0.2) is 0 Å². The second-order valence-electron chi connectivity index (χ2n) is 9.40. The molecule has 5 nitrogen and oxygen atoms in total. The lowest BCUT2D eigenvalue weighted by Crippen LogP contribution is -2.56. The third kappa shape index (κ3) is 4.57. The Morgan fingerprint density at radius 2 is 1.77 bits per heavy atom. The molecule has 4 rings (SSSR count). The van der Waals surface area contributed by atoms with Gasteiger partial charge in [-0.2, -0.15) is 0 Å². The highest BCUT2D eigenvalue weighted by molar-refractivity contribution is 5.97. The molecule has 2 aliphatic rings. The zero-order valence-electron chi connectivity index (χ0n) is 19.3. The van der Waals surface area contributed by atoms with E-state index in [2.05, 4.69) is 73.0 Å². The van der Waals surface area contributed by atoms with Crippen LogP contribution in [0.5, 0.6) is 5.75 Å². The van der Waals surface area contributed by atoms with Crippen LogP contribution in [0.4, 0.5) is 11.4 Å². The average molecular weight is 422 g/mol. The molecular weight excluding hydrogens is 386 g/mol. The molecule has 0 aliphatic carbocycles. The summed E-state index contributed by atoms with van der Waals surface area (Å²) in [6.45, 7) is 13.5. The van der Waals surface area contributed by atoms with Gasteiger partial charge in [0.05, 0.1) is 13.2 Å². The maximum absolute atomic E-state index is 13.6. The molecule has 5 heteroatoms. The minimum Gasteiger partial charge on any atom is -0.494 e. The van der Waals surface area contributed by atoms with Crippen LogP contribution in [0.25, 0.3) is 0 Å². The molecule has 0 spiro atoms. The van der Waals surface area contributed by atoms with Crippen LogP contribution in [-0.4, -0.2) is 55.7 Å². The van der Waals surface area contributed by atoms with Crippen LogP contribution >= 0.6 is 0 Å². The lowest BCUT2D eigenvalue weighted by molar-refractivity contribution is -0.121. The topological polar surface area (TPSA) is 36.0 Å². The van der Waals surface area contributed by atoms with E-state index in [1.54, 1.807) is 0 Å². The Morgan fingerprint density at radius 3 is 2.45 bits per heavy atom. The smallest absolute Gasteiger partial charge is 0.241 e. The average Bonchev–Trinajstić information content (AvgIpc) is 2.75. The maximum Gasteiger partial charge on any atom is 0.241 e. The lowest BCUT2D eigenvalue weighted by Gasteiger charge is -2.47. The summed E-state index contributed by atoms with van der Waals surface area (Å²) in [6, 6.07) is 16.7. The number of benzene rings is 2. The number of hydrogen-bond donors (Lipinski definition) is 0. The first-order valence-corrected chi connectivity index (χ1v) is 11.5. The summed E-state index contributed by atoms with van der Waals surface area (Å²) in [6.07, 6.45) is 0.948. The largest absolute Gasteiger partial charge is 0.494 e. The van der Waals surface area contributed by atoms with Crippen molar-refractivity contribution in [1.82, 2.24) is 4.90 Å². The molecule has 1 saturated heterocycles. The molecule has 2 aliphatic heterocycles. The first-order valence-electron chi connectivity index (χ1n) is 11.5. The Hall–Kier alpha value is -2.53. The summed E-state index contributed by atoms with van der Waals surface area (Å²) in [5, 5.41) is 0. The number of nitrogens with zero attached hydrogens (tertiary/aromatic N) is 3. The molecule has 1 unspecified atom stereocenters. The molecule has 0 aromatic heterocycles. The number of para-hydroxylation sites is 1. The van der Waals surface area contributed by atoms with Crippen LogP contribution in [0.2, 0.25) is 0 Å². The number of anilines is 2. The van der Waals surface area contributed by atoms with Crippen LogP contribution in [0, 0.1) is 0 Å². The van der Waals surface area contributed by atoms with Crippen molar-refractivity contribution in [1.29, 1.82) is 0 Å². The van der Waals surface area contributed by atoms with Crippen LogP contribution in [0.15, 0.2) is 48.5 Å². The number of piperazine rings is 1. The van der Waals surface area contributed by atoms with E-state index >= 15 is 0 Å². The third-order valence-corrected chi connectivity index (χ3v) is 6.59. The molecule has 166 valence electrons. The molecule has 0 bridgehead atoms. The van der Waals surface area contributed by atoms with E-state index in [0.29, 0.717) is 19.1 Å². The predicted octanol–water partition coefficient (Wildman–Crippen LogP) is 4.53. The van der Waals surface area contributed by atoms with Crippen molar-refractivity contribution in [2.75, 3.05) is 49.1 Å². The van der Waals surface area contributed by atoms with Gasteiger partial charge in [0.2, 0.25) is 5.91 Å². The number of rotatable bonds is 5.